The number of rotatable bonds is 3. The van der Waals surface area contributed by atoms with E-state index in [0.717, 1.165) is 10.9 Å². The molecule has 1 unspecified atom stereocenters. The van der Waals surface area contributed by atoms with E-state index in [2.05, 4.69) is 4.98 Å². The molecular weight excluding hydrogens is 272 g/mol. The molecule has 0 spiro atoms. The van der Waals surface area contributed by atoms with E-state index in [1.165, 1.54) is 18.2 Å². The van der Waals surface area contributed by atoms with Crippen molar-refractivity contribution in [2.75, 3.05) is 0 Å². The van der Waals surface area contributed by atoms with Crippen molar-refractivity contribution < 1.29 is 13.9 Å². The zero-order valence-electron chi connectivity index (χ0n) is 11.1. The molecule has 1 aromatic heterocycles. The number of hydrogen-bond acceptors (Lipinski definition) is 2. The van der Waals surface area contributed by atoms with E-state index in [0.29, 0.717) is 5.69 Å². The van der Waals surface area contributed by atoms with Gasteiger partial charge in [-0.3, -0.25) is 4.98 Å². The fraction of sp³-hybridized carbons (Fsp3) is 0.118. The smallest absolute Gasteiger partial charge is 0.129 e. The summed E-state index contributed by atoms with van der Waals surface area (Å²) >= 11 is 0. The maximum Gasteiger partial charge on any atom is 0.129 e. The number of pyridine rings is 1. The zero-order chi connectivity index (χ0) is 14.8. The van der Waals surface area contributed by atoms with Crippen molar-refractivity contribution in [1.82, 2.24) is 4.98 Å². The number of fused-ring (bicyclic) bond motifs is 1. The Morgan fingerprint density at radius 1 is 0.905 bits per heavy atom. The molecule has 1 N–H and O–H groups in total. The molecule has 0 fully saturated rings. The van der Waals surface area contributed by atoms with Crippen LogP contribution in [0.15, 0.2) is 54.6 Å². The number of para-hydroxylation sites is 1. The van der Waals surface area contributed by atoms with E-state index < -0.39 is 17.7 Å². The largest absolute Gasteiger partial charge is 0.386 e. The summed E-state index contributed by atoms with van der Waals surface area (Å²) in [6.07, 6.45) is -1.20. The monoisotopic (exact) mass is 285 g/mol. The van der Waals surface area contributed by atoms with Gasteiger partial charge in [-0.15, -0.1) is 0 Å². The number of aliphatic hydroxyl groups is 1. The van der Waals surface area contributed by atoms with E-state index >= 15 is 0 Å². The summed E-state index contributed by atoms with van der Waals surface area (Å²) in [4.78, 5) is 4.34. The predicted octanol–water partition coefficient (Wildman–Crippen LogP) is 3.79. The maximum atomic E-state index is 13.6. The minimum atomic E-state index is -1.05. The fourth-order valence-corrected chi connectivity index (χ4v) is 2.29. The van der Waals surface area contributed by atoms with E-state index in [4.69, 9.17) is 0 Å². The first kappa shape index (κ1) is 13.6. The molecule has 2 nitrogen and oxygen atoms in total. The number of aliphatic hydroxyl groups excluding tert-OH is 1. The van der Waals surface area contributed by atoms with E-state index in [-0.39, 0.29) is 12.0 Å². The molecule has 2 aromatic carbocycles. The van der Waals surface area contributed by atoms with Gasteiger partial charge < -0.3 is 5.11 Å². The molecule has 0 saturated carbocycles. The van der Waals surface area contributed by atoms with Gasteiger partial charge in [0.15, 0.2) is 0 Å². The summed E-state index contributed by atoms with van der Waals surface area (Å²) in [6, 6.07) is 14.7. The summed E-state index contributed by atoms with van der Waals surface area (Å²) in [7, 11) is 0. The topological polar surface area (TPSA) is 33.1 Å². The Kier molecular flexibility index (Phi) is 3.62. The highest BCUT2D eigenvalue weighted by molar-refractivity contribution is 5.78. The Hall–Kier alpha value is -2.33. The molecule has 0 aliphatic rings. The molecule has 0 radical (unpaired) electrons. The number of halogens is 2. The van der Waals surface area contributed by atoms with Gasteiger partial charge in [0.1, 0.15) is 17.7 Å². The van der Waals surface area contributed by atoms with Crippen LogP contribution >= 0.6 is 0 Å². The van der Waals surface area contributed by atoms with Gasteiger partial charge in [0.25, 0.3) is 0 Å². The second-order valence-electron chi connectivity index (χ2n) is 4.85. The molecule has 3 aromatic rings. The number of nitrogens with zero attached hydrogens (tertiary/aromatic N) is 1. The van der Waals surface area contributed by atoms with Crippen LogP contribution < -0.4 is 0 Å². The van der Waals surface area contributed by atoms with Gasteiger partial charge in [-0.2, -0.15) is 0 Å². The Bertz CT molecular complexity index is 768. The van der Waals surface area contributed by atoms with Crippen LogP contribution in [0.25, 0.3) is 10.9 Å². The van der Waals surface area contributed by atoms with Crippen LogP contribution in [-0.4, -0.2) is 10.1 Å². The summed E-state index contributed by atoms with van der Waals surface area (Å²) in [5, 5.41) is 11.1. The quantitative estimate of drug-likeness (QED) is 0.794. The van der Waals surface area contributed by atoms with Crippen LogP contribution in [0.2, 0.25) is 0 Å². The van der Waals surface area contributed by atoms with Gasteiger partial charge in [-0.05, 0) is 24.3 Å². The minimum Gasteiger partial charge on any atom is -0.386 e. The Morgan fingerprint density at radius 2 is 1.62 bits per heavy atom. The molecule has 0 bridgehead atoms. The van der Waals surface area contributed by atoms with Crippen LogP contribution in [0, 0.1) is 11.6 Å². The normalized spacial score (nSPS) is 12.5. The van der Waals surface area contributed by atoms with Gasteiger partial charge in [-0.25, -0.2) is 8.78 Å². The molecule has 1 heterocycles. The van der Waals surface area contributed by atoms with Crippen molar-refractivity contribution in [3.63, 3.8) is 0 Å². The second kappa shape index (κ2) is 5.58. The lowest BCUT2D eigenvalue weighted by Crippen LogP contribution is -2.07. The first-order valence-electron chi connectivity index (χ1n) is 6.62. The first-order valence-corrected chi connectivity index (χ1v) is 6.62. The standard InChI is InChI=1S/C17H13F2NO/c18-13-5-3-6-14(19)12(13)10-17(21)16-9-8-11-4-1-2-7-15(11)20-16/h1-9,17,21H,10H2. The number of aromatic nitrogens is 1. The first-order chi connectivity index (χ1) is 10.1. The lowest BCUT2D eigenvalue weighted by molar-refractivity contribution is 0.171. The van der Waals surface area contributed by atoms with Crippen LogP contribution in [0.4, 0.5) is 8.78 Å². The molecule has 0 aliphatic heterocycles. The van der Waals surface area contributed by atoms with Crippen molar-refractivity contribution >= 4 is 10.9 Å². The molecule has 0 amide bonds. The van der Waals surface area contributed by atoms with Gasteiger partial charge >= 0.3 is 0 Å². The van der Waals surface area contributed by atoms with Crippen molar-refractivity contribution in [2.24, 2.45) is 0 Å². The third kappa shape index (κ3) is 2.76. The predicted molar refractivity (Wildman–Crippen MR) is 76.8 cm³/mol. The van der Waals surface area contributed by atoms with E-state index in [9.17, 15) is 13.9 Å². The minimum absolute atomic E-state index is 0.125. The Labute approximate surface area is 120 Å². The molecule has 3 rings (SSSR count). The average molecular weight is 285 g/mol. The molecule has 0 saturated heterocycles. The highest BCUT2D eigenvalue weighted by atomic mass is 19.1. The molecule has 1 atom stereocenters. The molecule has 4 heteroatoms. The highest BCUT2D eigenvalue weighted by Crippen LogP contribution is 2.22. The van der Waals surface area contributed by atoms with E-state index in [1.807, 2.05) is 30.3 Å². The van der Waals surface area contributed by atoms with Gasteiger partial charge in [0.2, 0.25) is 0 Å². The van der Waals surface area contributed by atoms with Crippen LogP contribution in [0.5, 0.6) is 0 Å². The third-order valence-electron chi connectivity index (χ3n) is 3.42. The van der Waals surface area contributed by atoms with Gasteiger partial charge in [-0.1, -0.05) is 30.3 Å². The van der Waals surface area contributed by atoms with Crippen molar-refractivity contribution in [3.05, 3.63) is 77.5 Å². The molecular formula is C17H13F2NO. The summed E-state index contributed by atoms with van der Waals surface area (Å²) in [5.74, 6) is -1.32. The van der Waals surface area contributed by atoms with Crippen molar-refractivity contribution in [1.29, 1.82) is 0 Å². The third-order valence-corrected chi connectivity index (χ3v) is 3.42. The van der Waals surface area contributed by atoms with Crippen LogP contribution in [-0.2, 0) is 6.42 Å². The Morgan fingerprint density at radius 3 is 2.38 bits per heavy atom. The lowest BCUT2D eigenvalue weighted by Gasteiger charge is -2.12. The SMILES string of the molecule is OC(Cc1c(F)cccc1F)c1ccc2ccccc2n1. The van der Waals surface area contributed by atoms with Crippen LogP contribution in [0.3, 0.4) is 0 Å². The summed E-state index contributed by atoms with van der Waals surface area (Å²) in [5.41, 5.74) is 1.01. The van der Waals surface area contributed by atoms with Crippen molar-refractivity contribution in [3.8, 4) is 0 Å². The van der Waals surface area contributed by atoms with Crippen molar-refractivity contribution in [2.45, 2.75) is 12.5 Å². The van der Waals surface area contributed by atoms with Crippen LogP contribution in [0.1, 0.15) is 17.4 Å². The van der Waals surface area contributed by atoms with Gasteiger partial charge in [0, 0.05) is 17.4 Å². The molecule has 106 valence electrons. The summed E-state index contributed by atoms with van der Waals surface area (Å²) < 4.78 is 27.2. The number of benzene rings is 2. The highest BCUT2D eigenvalue weighted by Gasteiger charge is 2.16. The summed E-state index contributed by atoms with van der Waals surface area (Å²) in [6.45, 7) is 0. The Balaban J connectivity index is 1.91. The average Bonchev–Trinajstić information content (AvgIpc) is 2.50. The molecule has 21 heavy (non-hydrogen) atoms. The zero-order valence-corrected chi connectivity index (χ0v) is 11.1. The fourth-order valence-electron chi connectivity index (χ4n) is 2.29. The van der Waals surface area contributed by atoms with Gasteiger partial charge in [0.05, 0.1) is 11.2 Å². The van der Waals surface area contributed by atoms with E-state index in [1.54, 1.807) is 6.07 Å². The number of hydrogen-bond donors (Lipinski definition) is 1. The molecule has 0 aliphatic carbocycles. The lowest BCUT2D eigenvalue weighted by atomic mass is 10.0. The second-order valence-corrected chi connectivity index (χ2v) is 4.85. The maximum absolute atomic E-state index is 13.6.